The lowest BCUT2D eigenvalue weighted by molar-refractivity contribution is 0.0928. The van der Waals surface area contributed by atoms with E-state index in [2.05, 4.69) is 53.1 Å². The Bertz CT molecular complexity index is 817. The highest BCUT2D eigenvalue weighted by Gasteiger charge is 2.21. The van der Waals surface area contributed by atoms with Gasteiger partial charge in [0, 0.05) is 37.8 Å². The van der Waals surface area contributed by atoms with E-state index in [1.807, 2.05) is 19.2 Å². The van der Waals surface area contributed by atoms with Crippen LogP contribution in [0.2, 0.25) is 0 Å². The Morgan fingerprint density at radius 2 is 1.76 bits per heavy atom. The Kier molecular flexibility index (Phi) is 10.9. The van der Waals surface area contributed by atoms with Gasteiger partial charge in [-0.15, -0.1) is 0 Å². The van der Waals surface area contributed by atoms with Crippen molar-refractivity contribution in [2.45, 2.75) is 69.7 Å². The number of carbonyl (C=O) groups is 1. The molecule has 2 atom stereocenters. The third-order valence-corrected chi connectivity index (χ3v) is 6.97. The lowest BCUT2D eigenvalue weighted by atomic mass is 9.84. The summed E-state index contributed by atoms with van der Waals surface area (Å²) in [5, 5.41) is 6.60. The maximum atomic E-state index is 13.2. The van der Waals surface area contributed by atoms with E-state index in [-0.39, 0.29) is 17.9 Å². The molecule has 3 rings (SSSR count). The molecule has 0 spiro atoms. The molecular weight excluding hydrogens is 408 g/mol. The molecule has 180 valence electrons. The predicted molar refractivity (Wildman–Crippen MR) is 137 cm³/mol. The molecule has 1 saturated carbocycles. The highest BCUT2D eigenvalue weighted by Crippen LogP contribution is 2.31. The first-order chi connectivity index (χ1) is 16.2. The van der Waals surface area contributed by atoms with Gasteiger partial charge in [0.05, 0.1) is 0 Å². The lowest BCUT2D eigenvalue weighted by Gasteiger charge is -2.27. The fraction of sp³-hybridized carbons (Fsp3) is 0.552. The van der Waals surface area contributed by atoms with Crippen molar-refractivity contribution in [3.8, 4) is 0 Å². The molecule has 1 amide bonds. The Labute approximate surface area is 200 Å². The smallest absolute Gasteiger partial charge is 0.251 e. The minimum absolute atomic E-state index is 0.0408. The van der Waals surface area contributed by atoms with Gasteiger partial charge in [0.25, 0.3) is 5.91 Å². The summed E-state index contributed by atoms with van der Waals surface area (Å²) in [7, 11) is 3.72. The first-order valence-corrected chi connectivity index (χ1v) is 12.8. The summed E-state index contributed by atoms with van der Waals surface area (Å²) < 4.78 is 5.24. The maximum Gasteiger partial charge on any atom is 0.251 e. The molecule has 1 fully saturated rings. The van der Waals surface area contributed by atoms with Crippen molar-refractivity contribution in [3.05, 3.63) is 71.3 Å². The van der Waals surface area contributed by atoms with Crippen LogP contribution < -0.4 is 10.6 Å². The quantitative estimate of drug-likeness (QED) is 0.372. The van der Waals surface area contributed by atoms with Crippen LogP contribution in [0, 0.1) is 5.92 Å². The zero-order valence-electron chi connectivity index (χ0n) is 20.5. The molecule has 0 heterocycles. The number of hydrogen-bond donors (Lipinski definition) is 2. The molecule has 0 saturated heterocycles. The summed E-state index contributed by atoms with van der Waals surface area (Å²) in [6.45, 7) is 1.60. The van der Waals surface area contributed by atoms with Gasteiger partial charge in [-0.3, -0.25) is 4.79 Å². The van der Waals surface area contributed by atoms with Crippen molar-refractivity contribution < 1.29 is 9.53 Å². The fourth-order valence-electron chi connectivity index (χ4n) is 5.24. The average molecular weight is 451 g/mol. The number of benzene rings is 2. The largest absolute Gasteiger partial charge is 0.385 e. The maximum absolute atomic E-state index is 13.2. The second kappa shape index (κ2) is 14.2. The highest BCUT2D eigenvalue weighted by molar-refractivity contribution is 5.94. The first-order valence-electron chi connectivity index (χ1n) is 12.8. The van der Waals surface area contributed by atoms with Crippen molar-refractivity contribution >= 4 is 5.91 Å². The van der Waals surface area contributed by atoms with Gasteiger partial charge in [0.15, 0.2) is 0 Å². The summed E-state index contributed by atoms with van der Waals surface area (Å²) in [5.41, 5.74) is 3.27. The van der Waals surface area contributed by atoms with E-state index in [0.29, 0.717) is 0 Å². The number of methoxy groups -OCH3 is 1. The minimum Gasteiger partial charge on any atom is -0.385 e. The van der Waals surface area contributed by atoms with Crippen LogP contribution in [0.25, 0.3) is 0 Å². The number of amides is 1. The first kappa shape index (κ1) is 25.5. The molecule has 0 aliphatic heterocycles. The molecule has 4 nitrogen and oxygen atoms in total. The Morgan fingerprint density at radius 1 is 1.00 bits per heavy atom. The summed E-state index contributed by atoms with van der Waals surface area (Å²) in [6.07, 6.45) is 10.9. The van der Waals surface area contributed by atoms with Crippen LogP contribution >= 0.6 is 0 Å². The number of likely N-dealkylation sites (N-methyl/N-ethyl adjacent to an activating group) is 1. The standard InChI is InChI=1S/C29H42N2O2/c1-30-22-27(20-23-12-5-3-6-13-23)31-29(32)26-17-11-16-25(21-26)28(18-9-10-19-33-2)24-14-7-4-8-15-24/h4,7-8,11,14-17,21,23,27-28,30H,3,5-6,9-10,12-13,18-20,22H2,1-2H3,(H,31,32). The molecule has 33 heavy (non-hydrogen) atoms. The number of rotatable bonds is 13. The number of nitrogens with one attached hydrogen (secondary N) is 2. The van der Waals surface area contributed by atoms with Gasteiger partial charge < -0.3 is 15.4 Å². The van der Waals surface area contributed by atoms with Gasteiger partial charge in [-0.2, -0.15) is 0 Å². The summed E-state index contributed by atoms with van der Waals surface area (Å²) >= 11 is 0. The number of ether oxygens (including phenoxy) is 1. The zero-order valence-corrected chi connectivity index (χ0v) is 20.5. The molecule has 1 aliphatic carbocycles. The van der Waals surface area contributed by atoms with Gasteiger partial charge in [-0.1, -0.05) is 81.0 Å². The molecule has 2 unspecified atom stereocenters. The van der Waals surface area contributed by atoms with Crippen LogP contribution in [0.4, 0.5) is 0 Å². The van der Waals surface area contributed by atoms with E-state index in [4.69, 9.17) is 4.74 Å². The Morgan fingerprint density at radius 3 is 2.48 bits per heavy atom. The van der Waals surface area contributed by atoms with Gasteiger partial charge in [0.1, 0.15) is 0 Å². The van der Waals surface area contributed by atoms with E-state index >= 15 is 0 Å². The molecule has 2 aromatic carbocycles. The molecule has 0 radical (unpaired) electrons. The normalized spacial score (nSPS) is 16.3. The second-order valence-electron chi connectivity index (χ2n) is 9.55. The van der Waals surface area contributed by atoms with Crippen LogP contribution in [0.5, 0.6) is 0 Å². The molecular formula is C29H42N2O2. The van der Waals surface area contributed by atoms with E-state index in [9.17, 15) is 4.79 Å². The van der Waals surface area contributed by atoms with Gasteiger partial charge in [-0.05, 0) is 55.5 Å². The fourth-order valence-corrected chi connectivity index (χ4v) is 5.24. The predicted octanol–water partition coefficient (Wildman–Crippen LogP) is 5.92. The van der Waals surface area contributed by atoms with Crippen molar-refractivity contribution in [3.63, 3.8) is 0 Å². The number of carbonyl (C=O) groups excluding carboxylic acids is 1. The summed E-state index contributed by atoms with van der Waals surface area (Å²) in [4.78, 5) is 13.2. The van der Waals surface area contributed by atoms with Crippen molar-refractivity contribution in [2.75, 3.05) is 27.3 Å². The SMILES string of the molecule is CNCC(CC1CCCCC1)NC(=O)c1cccc(C(CCCCOC)c2ccccc2)c1. The van der Waals surface area contributed by atoms with Crippen molar-refractivity contribution in [2.24, 2.45) is 5.92 Å². The molecule has 0 aromatic heterocycles. The van der Waals surface area contributed by atoms with E-state index in [1.54, 1.807) is 7.11 Å². The van der Waals surface area contributed by atoms with Crippen molar-refractivity contribution in [1.29, 1.82) is 0 Å². The molecule has 0 bridgehead atoms. The third kappa shape index (κ3) is 8.28. The Hall–Kier alpha value is -2.17. The van der Waals surface area contributed by atoms with Crippen LogP contribution in [-0.2, 0) is 4.74 Å². The van der Waals surface area contributed by atoms with E-state index in [0.717, 1.165) is 50.3 Å². The van der Waals surface area contributed by atoms with Crippen molar-refractivity contribution in [1.82, 2.24) is 10.6 Å². The topological polar surface area (TPSA) is 50.4 Å². The van der Waals surface area contributed by atoms with Gasteiger partial charge in [0.2, 0.25) is 0 Å². The molecule has 1 aliphatic rings. The molecule has 2 aromatic rings. The monoisotopic (exact) mass is 450 g/mol. The molecule has 2 N–H and O–H groups in total. The molecule has 4 heteroatoms. The average Bonchev–Trinajstić information content (AvgIpc) is 2.85. The van der Waals surface area contributed by atoms with E-state index < -0.39 is 0 Å². The zero-order chi connectivity index (χ0) is 23.3. The highest BCUT2D eigenvalue weighted by atomic mass is 16.5. The number of unbranched alkanes of at least 4 members (excludes halogenated alkanes) is 1. The third-order valence-electron chi connectivity index (χ3n) is 6.97. The van der Waals surface area contributed by atoms with Crippen LogP contribution in [-0.4, -0.2) is 39.3 Å². The van der Waals surface area contributed by atoms with Gasteiger partial charge >= 0.3 is 0 Å². The second-order valence-corrected chi connectivity index (χ2v) is 9.55. The van der Waals surface area contributed by atoms with Crippen LogP contribution in [0.1, 0.15) is 85.2 Å². The van der Waals surface area contributed by atoms with Crippen LogP contribution in [0.3, 0.4) is 0 Å². The van der Waals surface area contributed by atoms with E-state index in [1.165, 1.54) is 43.2 Å². The summed E-state index contributed by atoms with van der Waals surface area (Å²) in [5.74, 6) is 1.06. The van der Waals surface area contributed by atoms with Crippen LogP contribution in [0.15, 0.2) is 54.6 Å². The van der Waals surface area contributed by atoms with Gasteiger partial charge in [-0.25, -0.2) is 0 Å². The Balaban J connectivity index is 1.71. The minimum atomic E-state index is 0.0408. The lowest BCUT2D eigenvalue weighted by Crippen LogP contribution is -2.42. The number of hydrogen-bond acceptors (Lipinski definition) is 3. The summed E-state index contributed by atoms with van der Waals surface area (Å²) in [6, 6.07) is 19.1.